The quantitative estimate of drug-likeness (QED) is 0.397. The highest BCUT2D eigenvalue weighted by Gasteiger charge is 2.09. The summed E-state index contributed by atoms with van der Waals surface area (Å²) >= 11 is 5.96. The summed E-state index contributed by atoms with van der Waals surface area (Å²) in [6, 6.07) is 24.4. The van der Waals surface area contributed by atoms with Crippen molar-refractivity contribution < 1.29 is 5.11 Å². The lowest BCUT2D eigenvalue weighted by atomic mass is 10.1. The number of aromatic hydroxyl groups is 1. The van der Waals surface area contributed by atoms with Gasteiger partial charge in [-0.3, -0.25) is 0 Å². The number of rotatable bonds is 5. The standard InChI is InChI=1S/C25H21ClN4O/c1-30(2)21-11-5-18(6-12-21)23-15-24(19-7-13-22(31)14-8-19)29-25(28-23)27-16-17-3-9-20(26)10-4-17/h3-16,31H,1-2H3/b27-16+. The van der Waals surface area contributed by atoms with Gasteiger partial charge in [0.15, 0.2) is 0 Å². The molecule has 1 N–H and O–H groups in total. The topological polar surface area (TPSA) is 61.6 Å². The molecule has 0 aliphatic heterocycles. The lowest BCUT2D eigenvalue weighted by Gasteiger charge is -2.13. The maximum absolute atomic E-state index is 9.62. The Bertz CT molecular complexity index is 1200. The van der Waals surface area contributed by atoms with Gasteiger partial charge in [0.05, 0.1) is 11.4 Å². The molecule has 154 valence electrons. The van der Waals surface area contributed by atoms with Gasteiger partial charge in [0.1, 0.15) is 5.75 Å². The van der Waals surface area contributed by atoms with Crippen molar-refractivity contribution in [1.82, 2.24) is 9.97 Å². The summed E-state index contributed by atoms with van der Waals surface area (Å²) in [6.45, 7) is 0. The molecule has 0 saturated heterocycles. The van der Waals surface area contributed by atoms with Crippen molar-refractivity contribution in [3.8, 4) is 28.3 Å². The van der Waals surface area contributed by atoms with E-state index in [9.17, 15) is 5.11 Å². The van der Waals surface area contributed by atoms with Crippen LogP contribution >= 0.6 is 11.6 Å². The van der Waals surface area contributed by atoms with E-state index in [0.29, 0.717) is 11.0 Å². The molecule has 1 aromatic heterocycles. The van der Waals surface area contributed by atoms with Crippen LogP contribution in [-0.2, 0) is 0 Å². The van der Waals surface area contributed by atoms with E-state index in [1.54, 1.807) is 18.3 Å². The van der Waals surface area contributed by atoms with E-state index in [4.69, 9.17) is 11.6 Å². The van der Waals surface area contributed by atoms with Gasteiger partial charge in [-0.05, 0) is 60.2 Å². The summed E-state index contributed by atoms with van der Waals surface area (Å²) in [5.41, 5.74) is 5.35. The summed E-state index contributed by atoms with van der Waals surface area (Å²) in [5.74, 6) is 0.561. The number of hydrogen-bond acceptors (Lipinski definition) is 5. The molecule has 0 unspecified atom stereocenters. The number of halogens is 1. The molecular formula is C25H21ClN4O. The van der Waals surface area contributed by atoms with E-state index in [2.05, 4.69) is 15.0 Å². The zero-order chi connectivity index (χ0) is 21.8. The number of aromatic nitrogens is 2. The minimum absolute atomic E-state index is 0.207. The summed E-state index contributed by atoms with van der Waals surface area (Å²) in [5, 5.41) is 10.3. The lowest BCUT2D eigenvalue weighted by molar-refractivity contribution is 0.475. The van der Waals surface area contributed by atoms with Gasteiger partial charge >= 0.3 is 0 Å². The molecule has 0 saturated carbocycles. The van der Waals surface area contributed by atoms with Gasteiger partial charge in [0.25, 0.3) is 0 Å². The molecule has 31 heavy (non-hydrogen) atoms. The molecule has 0 fully saturated rings. The molecule has 4 rings (SSSR count). The Kier molecular flexibility index (Phi) is 5.96. The third-order valence-electron chi connectivity index (χ3n) is 4.76. The first-order valence-electron chi connectivity index (χ1n) is 9.74. The summed E-state index contributed by atoms with van der Waals surface area (Å²) in [6.07, 6.45) is 1.71. The number of phenols is 1. The molecule has 0 bridgehead atoms. The van der Waals surface area contributed by atoms with Gasteiger partial charge in [0.2, 0.25) is 5.95 Å². The first-order chi connectivity index (χ1) is 15.0. The highest BCUT2D eigenvalue weighted by Crippen LogP contribution is 2.28. The van der Waals surface area contributed by atoms with Gasteiger partial charge < -0.3 is 10.0 Å². The Morgan fingerprint density at radius 2 is 1.35 bits per heavy atom. The molecule has 3 aromatic carbocycles. The molecule has 6 heteroatoms. The second-order valence-corrected chi connectivity index (χ2v) is 7.67. The SMILES string of the molecule is CN(C)c1ccc(-c2cc(-c3ccc(O)cc3)nc(/N=C/c3ccc(Cl)cc3)n2)cc1. The number of aliphatic imine (C=N–C) groups is 1. The van der Waals surface area contributed by atoms with Crippen molar-refractivity contribution in [2.24, 2.45) is 4.99 Å². The largest absolute Gasteiger partial charge is 0.508 e. The molecule has 0 aliphatic rings. The maximum Gasteiger partial charge on any atom is 0.250 e. The number of hydrogen-bond donors (Lipinski definition) is 1. The average molecular weight is 429 g/mol. The number of phenolic OH excluding ortho intramolecular Hbond substituents is 1. The monoisotopic (exact) mass is 428 g/mol. The van der Waals surface area contributed by atoms with Gasteiger partial charge in [0, 0.05) is 42.1 Å². The van der Waals surface area contributed by atoms with E-state index in [0.717, 1.165) is 33.8 Å². The maximum atomic E-state index is 9.62. The van der Waals surface area contributed by atoms with Crippen LogP contribution in [0.2, 0.25) is 5.02 Å². The first kappa shape index (κ1) is 20.6. The van der Waals surface area contributed by atoms with E-state index in [1.807, 2.05) is 85.7 Å². The van der Waals surface area contributed by atoms with Crippen molar-refractivity contribution in [2.45, 2.75) is 0 Å². The van der Waals surface area contributed by atoms with E-state index in [1.165, 1.54) is 0 Å². The van der Waals surface area contributed by atoms with Crippen LogP contribution in [0.5, 0.6) is 5.75 Å². The van der Waals surface area contributed by atoms with Gasteiger partial charge in [-0.1, -0.05) is 35.9 Å². The van der Waals surface area contributed by atoms with Crippen molar-refractivity contribution in [3.63, 3.8) is 0 Å². The summed E-state index contributed by atoms with van der Waals surface area (Å²) in [7, 11) is 4.01. The van der Waals surface area contributed by atoms with Crippen molar-refractivity contribution >= 4 is 29.5 Å². The molecule has 0 spiro atoms. The van der Waals surface area contributed by atoms with Crippen LogP contribution < -0.4 is 4.90 Å². The minimum Gasteiger partial charge on any atom is -0.508 e. The molecule has 0 radical (unpaired) electrons. The third-order valence-corrected chi connectivity index (χ3v) is 5.01. The number of benzene rings is 3. The predicted octanol–water partition coefficient (Wildman–Crippen LogP) is 5.99. The lowest BCUT2D eigenvalue weighted by Crippen LogP contribution is -2.07. The second kappa shape index (κ2) is 8.98. The summed E-state index contributed by atoms with van der Waals surface area (Å²) < 4.78 is 0. The first-order valence-corrected chi connectivity index (χ1v) is 10.1. The fraction of sp³-hybridized carbons (Fsp3) is 0.0800. The van der Waals surface area contributed by atoms with Crippen LogP contribution in [-0.4, -0.2) is 35.4 Å². The molecule has 4 aromatic rings. The van der Waals surface area contributed by atoms with Crippen LogP contribution in [0.4, 0.5) is 11.6 Å². The van der Waals surface area contributed by atoms with Gasteiger partial charge in [-0.25, -0.2) is 15.0 Å². The number of anilines is 1. The Labute approximate surface area is 186 Å². The fourth-order valence-electron chi connectivity index (χ4n) is 3.03. The van der Waals surface area contributed by atoms with Crippen LogP contribution in [0.25, 0.3) is 22.5 Å². The zero-order valence-electron chi connectivity index (χ0n) is 17.2. The average Bonchev–Trinajstić information content (AvgIpc) is 2.79. The highest BCUT2D eigenvalue weighted by molar-refractivity contribution is 6.30. The Morgan fingerprint density at radius 1 is 0.806 bits per heavy atom. The van der Waals surface area contributed by atoms with Crippen LogP contribution in [0.3, 0.4) is 0 Å². The van der Waals surface area contributed by atoms with E-state index in [-0.39, 0.29) is 5.75 Å². The molecular weight excluding hydrogens is 408 g/mol. The molecule has 5 nitrogen and oxygen atoms in total. The third kappa shape index (κ3) is 5.08. The zero-order valence-corrected chi connectivity index (χ0v) is 18.0. The fourth-order valence-corrected chi connectivity index (χ4v) is 3.16. The van der Waals surface area contributed by atoms with Gasteiger partial charge in [-0.15, -0.1) is 0 Å². The van der Waals surface area contributed by atoms with E-state index >= 15 is 0 Å². The smallest absolute Gasteiger partial charge is 0.250 e. The van der Waals surface area contributed by atoms with Gasteiger partial charge in [-0.2, -0.15) is 0 Å². The summed E-state index contributed by atoms with van der Waals surface area (Å²) in [4.78, 5) is 15.8. The van der Waals surface area contributed by atoms with Crippen LogP contribution in [0.1, 0.15) is 5.56 Å². The minimum atomic E-state index is 0.207. The van der Waals surface area contributed by atoms with Crippen LogP contribution in [0.15, 0.2) is 83.9 Å². The molecule has 0 aliphatic carbocycles. The van der Waals surface area contributed by atoms with Crippen molar-refractivity contribution in [2.75, 3.05) is 19.0 Å². The Balaban J connectivity index is 1.76. The normalized spacial score (nSPS) is 11.1. The second-order valence-electron chi connectivity index (χ2n) is 7.24. The number of nitrogens with zero attached hydrogens (tertiary/aromatic N) is 4. The Morgan fingerprint density at radius 3 is 1.90 bits per heavy atom. The Hall–Kier alpha value is -3.70. The molecule has 1 heterocycles. The molecule has 0 amide bonds. The van der Waals surface area contributed by atoms with Crippen molar-refractivity contribution in [3.05, 3.63) is 89.4 Å². The van der Waals surface area contributed by atoms with Crippen LogP contribution in [0, 0.1) is 0 Å². The molecule has 0 atom stereocenters. The van der Waals surface area contributed by atoms with E-state index < -0.39 is 0 Å². The predicted molar refractivity (Wildman–Crippen MR) is 128 cm³/mol. The van der Waals surface area contributed by atoms with Crippen molar-refractivity contribution in [1.29, 1.82) is 0 Å². The highest BCUT2D eigenvalue weighted by atomic mass is 35.5.